The molecule has 9 nitrogen and oxygen atoms in total. The second-order valence-electron chi connectivity index (χ2n) is 11.3. The van der Waals surface area contributed by atoms with E-state index in [-0.39, 0.29) is 36.2 Å². The summed E-state index contributed by atoms with van der Waals surface area (Å²) in [6.07, 6.45) is 1.71. The van der Waals surface area contributed by atoms with Crippen molar-refractivity contribution in [2.75, 3.05) is 26.4 Å². The Kier molecular flexibility index (Phi) is 12.5. The fraction of sp³-hybridized carbons (Fsp3) is 0.195. The van der Waals surface area contributed by atoms with Crippen molar-refractivity contribution in [2.24, 2.45) is 0 Å². The van der Waals surface area contributed by atoms with Crippen molar-refractivity contribution in [1.29, 1.82) is 0 Å². The number of esters is 2. The minimum atomic E-state index is -0.730. The first-order chi connectivity index (χ1) is 24.3. The number of ether oxygens (including phenoxy) is 4. The number of nitrogens with zero attached hydrogens (tertiary/aromatic N) is 1. The first kappa shape index (κ1) is 35.5. The molecule has 0 N–H and O–H groups in total. The van der Waals surface area contributed by atoms with E-state index in [1.807, 2.05) is 38.1 Å². The van der Waals surface area contributed by atoms with Gasteiger partial charge in [0.1, 0.15) is 36.1 Å². The maximum absolute atomic E-state index is 12.9. The Labute approximate surface area is 290 Å². The molecule has 50 heavy (non-hydrogen) atoms. The normalized spacial score (nSPS) is 10.8. The van der Waals surface area contributed by atoms with Crippen LogP contribution in [-0.4, -0.2) is 54.9 Å². The van der Waals surface area contributed by atoms with Crippen LogP contribution in [0.15, 0.2) is 115 Å². The van der Waals surface area contributed by atoms with Crippen LogP contribution in [0.25, 0.3) is 22.3 Å². The summed E-state index contributed by atoms with van der Waals surface area (Å²) in [6.45, 7) is 5.18. The molecule has 254 valence electrons. The van der Waals surface area contributed by atoms with Gasteiger partial charge < -0.3 is 18.9 Å². The summed E-state index contributed by atoms with van der Waals surface area (Å²) in [6, 6.07) is 32.7. The summed E-state index contributed by atoms with van der Waals surface area (Å²) >= 11 is 0. The fourth-order valence-electron chi connectivity index (χ4n) is 4.89. The van der Waals surface area contributed by atoms with Crippen molar-refractivity contribution in [2.45, 2.75) is 26.7 Å². The van der Waals surface area contributed by atoms with Crippen LogP contribution in [0.4, 0.5) is 0 Å². The van der Waals surface area contributed by atoms with E-state index in [1.54, 1.807) is 72.8 Å². The SMILES string of the molecule is CCCOCC(=O)c1ccc(-c2ccc(OC(=O)c3cccc(C(=O)Oc4ccc(-c5ccc(C(=O)COCCC)cc5)cc4)n3)cc2)cc1. The van der Waals surface area contributed by atoms with Crippen molar-refractivity contribution < 1.29 is 38.1 Å². The van der Waals surface area contributed by atoms with Gasteiger partial charge in [-0.1, -0.05) is 92.7 Å². The molecule has 0 aliphatic carbocycles. The number of rotatable bonds is 16. The molecular weight excluding hydrogens is 634 g/mol. The minimum Gasteiger partial charge on any atom is -0.422 e. The van der Waals surface area contributed by atoms with Crippen LogP contribution >= 0.6 is 0 Å². The van der Waals surface area contributed by atoms with Crippen molar-refractivity contribution in [1.82, 2.24) is 4.98 Å². The average molecular weight is 672 g/mol. The van der Waals surface area contributed by atoms with Crippen LogP contribution in [0.5, 0.6) is 11.5 Å². The van der Waals surface area contributed by atoms with Gasteiger partial charge in [0.2, 0.25) is 0 Å². The lowest BCUT2D eigenvalue weighted by molar-refractivity contribution is 0.0719. The van der Waals surface area contributed by atoms with Gasteiger partial charge in [-0.15, -0.1) is 0 Å². The monoisotopic (exact) mass is 671 g/mol. The molecule has 5 aromatic rings. The van der Waals surface area contributed by atoms with E-state index in [0.717, 1.165) is 35.1 Å². The van der Waals surface area contributed by atoms with E-state index in [4.69, 9.17) is 18.9 Å². The molecule has 4 aromatic carbocycles. The Balaban J connectivity index is 1.15. The highest BCUT2D eigenvalue weighted by Crippen LogP contribution is 2.25. The molecule has 0 amide bonds. The van der Waals surface area contributed by atoms with E-state index in [0.29, 0.717) is 35.8 Å². The summed E-state index contributed by atoms with van der Waals surface area (Å²) in [5.74, 6) is -1.01. The second kappa shape index (κ2) is 17.6. The fourth-order valence-corrected chi connectivity index (χ4v) is 4.89. The predicted octanol–water partition coefficient (Wildman–Crippen LogP) is 8.07. The number of Topliss-reactive ketones (excluding diaryl/α,β-unsaturated/α-hetero) is 2. The molecule has 0 unspecified atom stereocenters. The first-order valence-electron chi connectivity index (χ1n) is 16.4. The molecule has 0 radical (unpaired) electrons. The van der Waals surface area contributed by atoms with E-state index in [2.05, 4.69) is 4.98 Å². The maximum Gasteiger partial charge on any atom is 0.362 e. The molecule has 0 spiro atoms. The summed E-state index contributed by atoms with van der Waals surface area (Å²) in [5, 5.41) is 0. The number of benzene rings is 4. The number of pyridine rings is 1. The van der Waals surface area contributed by atoms with Crippen LogP contribution in [0.3, 0.4) is 0 Å². The molecular formula is C41H37NO8. The highest BCUT2D eigenvalue weighted by molar-refractivity contribution is 5.98. The van der Waals surface area contributed by atoms with Crippen LogP contribution in [0.1, 0.15) is 68.4 Å². The topological polar surface area (TPSA) is 118 Å². The van der Waals surface area contributed by atoms with Crippen molar-refractivity contribution in [3.63, 3.8) is 0 Å². The average Bonchev–Trinajstić information content (AvgIpc) is 3.15. The third kappa shape index (κ3) is 9.65. The Hall–Kier alpha value is -5.77. The van der Waals surface area contributed by atoms with Gasteiger partial charge in [-0.2, -0.15) is 0 Å². The van der Waals surface area contributed by atoms with Crippen molar-refractivity contribution in [3.8, 4) is 33.8 Å². The van der Waals surface area contributed by atoms with Crippen LogP contribution < -0.4 is 9.47 Å². The van der Waals surface area contributed by atoms with Gasteiger partial charge >= 0.3 is 11.9 Å². The van der Waals surface area contributed by atoms with E-state index in [9.17, 15) is 19.2 Å². The smallest absolute Gasteiger partial charge is 0.362 e. The zero-order valence-corrected chi connectivity index (χ0v) is 27.9. The highest BCUT2D eigenvalue weighted by atomic mass is 16.5. The van der Waals surface area contributed by atoms with Crippen LogP contribution in [0.2, 0.25) is 0 Å². The molecule has 0 saturated heterocycles. The molecule has 0 aliphatic heterocycles. The molecule has 0 saturated carbocycles. The minimum absolute atomic E-state index is 0.0543. The van der Waals surface area contributed by atoms with Gasteiger partial charge in [0.05, 0.1) is 0 Å². The number of ketones is 2. The Morgan fingerprint density at radius 2 is 0.820 bits per heavy atom. The quantitative estimate of drug-likeness (QED) is 0.0444. The van der Waals surface area contributed by atoms with Crippen LogP contribution in [-0.2, 0) is 9.47 Å². The number of carbonyl (C=O) groups is 4. The molecule has 0 fully saturated rings. The lowest BCUT2D eigenvalue weighted by Gasteiger charge is -2.08. The van der Waals surface area contributed by atoms with Gasteiger partial charge in [-0.3, -0.25) is 9.59 Å². The molecule has 1 heterocycles. The molecule has 0 bridgehead atoms. The number of aromatic nitrogens is 1. The lowest BCUT2D eigenvalue weighted by atomic mass is 10.0. The second-order valence-corrected chi connectivity index (χ2v) is 11.3. The van der Waals surface area contributed by atoms with Gasteiger partial charge in [-0.05, 0) is 71.5 Å². The molecule has 0 atom stereocenters. The number of hydrogen-bond donors (Lipinski definition) is 0. The largest absolute Gasteiger partial charge is 0.422 e. The third-order valence-electron chi connectivity index (χ3n) is 7.54. The van der Waals surface area contributed by atoms with Crippen molar-refractivity contribution >= 4 is 23.5 Å². The highest BCUT2D eigenvalue weighted by Gasteiger charge is 2.17. The number of hydrogen-bond acceptors (Lipinski definition) is 9. The molecule has 9 heteroatoms. The zero-order chi connectivity index (χ0) is 35.3. The van der Waals surface area contributed by atoms with Gasteiger partial charge in [0, 0.05) is 24.3 Å². The Morgan fingerprint density at radius 3 is 1.16 bits per heavy atom. The summed E-state index contributed by atoms with van der Waals surface area (Å²) in [7, 11) is 0. The van der Waals surface area contributed by atoms with E-state index >= 15 is 0 Å². The molecule has 5 rings (SSSR count). The van der Waals surface area contributed by atoms with Crippen molar-refractivity contribution in [3.05, 3.63) is 138 Å². The lowest BCUT2D eigenvalue weighted by Crippen LogP contribution is -2.15. The van der Waals surface area contributed by atoms with Gasteiger partial charge in [0.25, 0.3) is 0 Å². The molecule has 0 aliphatic rings. The Bertz CT molecular complexity index is 1780. The summed E-state index contributed by atoms with van der Waals surface area (Å²) < 4.78 is 21.7. The standard InChI is InChI=1S/C41H37NO8/c1-3-24-47-26-38(43)32-12-8-28(9-13-32)30-16-20-34(21-17-30)49-40(45)36-6-5-7-37(42-36)41(46)50-35-22-18-31(19-23-35)29-10-14-33(15-11-29)39(44)27-48-25-4-2/h5-23H,3-4,24-27H2,1-2H3. The third-order valence-corrected chi connectivity index (χ3v) is 7.54. The predicted molar refractivity (Wildman–Crippen MR) is 189 cm³/mol. The number of carbonyl (C=O) groups excluding carboxylic acids is 4. The van der Waals surface area contributed by atoms with E-state index in [1.165, 1.54) is 18.2 Å². The van der Waals surface area contributed by atoms with E-state index < -0.39 is 11.9 Å². The van der Waals surface area contributed by atoms with Gasteiger partial charge in [0.15, 0.2) is 11.6 Å². The van der Waals surface area contributed by atoms with Crippen LogP contribution in [0, 0.1) is 0 Å². The first-order valence-corrected chi connectivity index (χ1v) is 16.4. The zero-order valence-electron chi connectivity index (χ0n) is 27.9. The Morgan fingerprint density at radius 1 is 0.480 bits per heavy atom. The summed E-state index contributed by atoms with van der Waals surface area (Å²) in [4.78, 5) is 54.5. The molecule has 1 aromatic heterocycles. The van der Waals surface area contributed by atoms with Gasteiger partial charge in [-0.25, -0.2) is 14.6 Å². The maximum atomic E-state index is 12.9. The summed E-state index contributed by atoms with van der Waals surface area (Å²) in [5.41, 5.74) is 4.59.